The third kappa shape index (κ3) is 2.18. The molecule has 0 aromatic heterocycles. The van der Waals surface area contributed by atoms with Gasteiger partial charge in [-0.25, -0.2) is 8.42 Å². The zero-order valence-corrected chi connectivity index (χ0v) is 9.58. The molecule has 6 heteroatoms. The van der Waals surface area contributed by atoms with E-state index in [0.717, 1.165) is 25.7 Å². The number of rotatable bonds is 2. The van der Waals surface area contributed by atoms with Gasteiger partial charge in [0.2, 0.25) is 10.0 Å². The summed E-state index contributed by atoms with van der Waals surface area (Å²) in [4.78, 5) is 0. The maximum atomic E-state index is 12.2. The lowest BCUT2D eigenvalue weighted by Gasteiger charge is -2.33. The molecule has 88 valence electrons. The number of hydrogen-bond acceptors (Lipinski definition) is 4. The van der Waals surface area contributed by atoms with Gasteiger partial charge in [0.05, 0.1) is 24.6 Å². The van der Waals surface area contributed by atoms with Gasteiger partial charge in [-0.05, 0) is 12.8 Å². The molecule has 2 N–H and O–H groups in total. The van der Waals surface area contributed by atoms with Crippen LogP contribution in [0.3, 0.4) is 0 Å². The highest BCUT2D eigenvalue weighted by Crippen LogP contribution is 2.28. The number of morpholine rings is 1. The maximum absolute atomic E-state index is 12.2. The molecule has 1 saturated carbocycles. The Balaban J connectivity index is 2.12. The molecular formula is C9H18N2O3S. The topological polar surface area (TPSA) is 72.6 Å². The molecule has 1 saturated heterocycles. The van der Waals surface area contributed by atoms with Crippen LogP contribution in [0.4, 0.5) is 0 Å². The molecule has 0 radical (unpaired) electrons. The normalized spacial score (nSPS) is 30.9. The van der Waals surface area contributed by atoms with Gasteiger partial charge in [0.15, 0.2) is 0 Å². The van der Waals surface area contributed by atoms with E-state index in [4.69, 9.17) is 10.5 Å². The highest BCUT2D eigenvalue weighted by molar-refractivity contribution is 7.89. The molecule has 2 rings (SSSR count). The SMILES string of the molecule is NC1COCCN1S(=O)(=O)C1CCCC1. The summed E-state index contributed by atoms with van der Waals surface area (Å²) in [5.41, 5.74) is 5.75. The molecule has 0 aromatic rings. The number of ether oxygens (including phenoxy) is 1. The van der Waals surface area contributed by atoms with Gasteiger partial charge in [-0.2, -0.15) is 4.31 Å². The molecule has 1 aliphatic heterocycles. The first-order chi connectivity index (χ1) is 7.12. The van der Waals surface area contributed by atoms with E-state index in [-0.39, 0.29) is 5.25 Å². The van der Waals surface area contributed by atoms with E-state index in [2.05, 4.69) is 0 Å². The zero-order valence-electron chi connectivity index (χ0n) is 8.76. The number of sulfonamides is 1. The van der Waals surface area contributed by atoms with E-state index in [1.807, 2.05) is 0 Å². The molecule has 1 heterocycles. The van der Waals surface area contributed by atoms with Crippen molar-refractivity contribution in [1.29, 1.82) is 0 Å². The summed E-state index contributed by atoms with van der Waals surface area (Å²) in [7, 11) is -3.18. The fraction of sp³-hybridized carbons (Fsp3) is 1.00. The van der Waals surface area contributed by atoms with Crippen molar-refractivity contribution in [1.82, 2.24) is 4.31 Å². The lowest BCUT2D eigenvalue weighted by Crippen LogP contribution is -2.55. The van der Waals surface area contributed by atoms with Crippen molar-refractivity contribution in [2.24, 2.45) is 5.73 Å². The number of hydrogen-bond donors (Lipinski definition) is 1. The Morgan fingerprint density at radius 2 is 1.93 bits per heavy atom. The van der Waals surface area contributed by atoms with Crippen LogP contribution in [0.1, 0.15) is 25.7 Å². The Labute approximate surface area is 90.6 Å². The molecular weight excluding hydrogens is 216 g/mol. The van der Waals surface area contributed by atoms with E-state index < -0.39 is 16.2 Å². The first-order valence-corrected chi connectivity index (χ1v) is 6.96. The van der Waals surface area contributed by atoms with E-state index in [1.165, 1.54) is 4.31 Å². The van der Waals surface area contributed by atoms with Gasteiger partial charge in [0.25, 0.3) is 0 Å². The van der Waals surface area contributed by atoms with Crippen LogP contribution in [0, 0.1) is 0 Å². The van der Waals surface area contributed by atoms with Crippen LogP contribution in [-0.4, -0.2) is 43.9 Å². The van der Waals surface area contributed by atoms with Gasteiger partial charge in [-0.1, -0.05) is 12.8 Å². The summed E-state index contributed by atoms with van der Waals surface area (Å²) < 4.78 is 30.9. The van der Waals surface area contributed by atoms with Crippen LogP contribution >= 0.6 is 0 Å². The van der Waals surface area contributed by atoms with Crippen molar-refractivity contribution in [3.63, 3.8) is 0 Å². The van der Waals surface area contributed by atoms with Crippen LogP contribution in [0.5, 0.6) is 0 Å². The average Bonchev–Trinajstić information content (AvgIpc) is 2.71. The predicted molar refractivity (Wildman–Crippen MR) is 56.7 cm³/mol. The Morgan fingerprint density at radius 3 is 2.53 bits per heavy atom. The minimum Gasteiger partial charge on any atom is -0.377 e. The molecule has 2 fully saturated rings. The predicted octanol–water partition coefficient (Wildman–Crippen LogP) is -0.124. The van der Waals surface area contributed by atoms with Crippen molar-refractivity contribution in [2.75, 3.05) is 19.8 Å². The zero-order chi connectivity index (χ0) is 10.9. The van der Waals surface area contributed by atoms with E-state index in [9.17, 15) is 8.42 Å². The molecule has 2 aliphatic rings. The van der Waals surface area contributed by atoms with Crippen LogP contribution in [0.25, 0.3) is 0 Å². The largest absolute Gasteiger partial charge is 0.377 e. The molecule has 15 heavy (non-hydrogen) atoms. The summed E-state index contributed by atoms with van der Waals surface area (Å²) in [5.74, 6) is 0. The van der Waals surface area contributed by atoms with Crippen molar-refractivity contribution in [2.45, 2.75) is 37.1 Å². The quantitative estimate of drug-likeness (QED) is 0.722. The van der Waals surface area contributed by atoms with Crippen molar-refractivity contribution < 1.29 is 13.2 Å². The Bertz CT molecular complexity index is 311. The average molecular weight is 234 g/mol. The monoisotopic (exact) mass is 234 g/mol. The van der Waals surface area contributed by atoms with E-state index in [0.29, 0.717) is 19.8 Å². The summed E-state index contributed by atoms with van der Waals surface area (Å²) in [6.07, 6.45) is 3.11. The van der Waals surface area contributed by atoms with Gasteiger partial charge in [-0.3, -0.25) is 0 Å². The van der Waals surface area contributed by atoms with Crippen LogP contribution < -0.4 is 5.73 Å². The molecule has 0 bridgehead atoms. The van der Waals surface area contributed by atoms with Gasteiger partial charge >= 0.3 is 0 Å². The Kier molecular flexibility index (Phi) is 3.30. The summed E-state index contributed by atoms with van der Waals surface area (Å²) in [6, 6.07) is 0. The third-order valence-electron chi connectivity index (χ3n) is 3.16. The second-order valence-corrected chi connectivity index (χ2v) is 6.37. The third-order valence-corrected chi connectivity index (χ3v) is 5.59. The molecule has 1 aliphatic carbocycles. The highest BCUT2D eigenvalue weighted by Gasteiger charge is 2.37. The smallest absolute Gasteiger partial charge is 0.218 e. The fourth-order valence-corrected chi connectivity index (χ4v) is 4.38. The van der Waals surface area contributed by atoms with Crippen LogP contribution in [-0.2, 0) is 14.8 Å². The van der Waals surface area contributed by atoms with Crippen molar-refractivity contribution in [3.8, 4) is 0 Å². The molecule has 1 atom stereocenters. The van der Waals surface area contributed by atoms with E-state index >= 15 is 0 Å². The second kappa shape index (κ2) is 4.37. The Hall–Kier alpha value is -0.170. The summed E-state index contributed by atoms with van der Waals surface area (Å²) in [5, 5.41) is -0.207. The minimum atomic E-state index is -3.18. The van der Waals surface area contributed by atoms with Crippen LogP contribution in [0.2, 0.25) is 0 Å². The second-order valence-electron chi connectivity index (χ2n) is 4.20. The van der Waals surface area contributed by atoms with Crippen molar-refractivity contribution in [3.05, 3.63) is 0 Å². The fourth-order valence-electron chi connectivity index (χ4n) is 2.30. The lowest BCUT2D eigenvalue weighted by molar-refractivity contribution is 0.0345. The highest BCUT2D eigenvalue weighted by atomic mass is 32.2. The van der Waals surface area contributed by atoms with Crippen molar-refractivity contribution >= 4 is 10.0 Å². The summed E-state index contributed by atoms with van der Waals surface area (Å²) in [6.45, 7) is 1.17. The maximum Gasteiger partial charge on any atom is 0.218 e. The summed E-state index contributed by atoms with van der Waals surface area (Å²) >= 11 is 0. The first kappa shape index (κ1) is 11.3. The standard InChI is InChI=1S/C9H18N2O3S/c10-9-7-14-6-5-11(9)15(12,13)8-3-1-2-4-8/h8-9H,1-7,10H2. The molecule has 1 unspecified atom stereocenters. The lowest BCUT2D eigenvalue weighted by atomic mass is 10.4. The molecule has 0 amide bonds. The minimum absolute atomic E-state index is 0.207. The first-order valence-electron chi connectivity index (χ1n) is 5.46. The molecule has 0 spiro atoms. The van der Waals surface area contributed by atoms with Gasteiger partial charge in [0, 0.05) is 6.54 Å². The Morgan fingerprint density at radius 1 is 1.27 bits per heavy atom. The van der Waals surface area contributed by atoms with Crippen LogP contribution in [0.15, 0.2) is 0 Å². The number of nitrogens with two attached hydrogens (primary N) is 1. The van der Waals surface area contributed by atoms with Gasteiger partial charge in [0.1, 0.15) is 0 Å². The van der Waals surface area contributed by atoms with E-state index in [1.54, 1.807) is 0 Å². The van der Waals surface area contributed by atoms with Gasteiger partial charge < -0.3 is 10.5 Å². The number of nitrogens with zero attached hydrogens (tertiary/aromatic N) is 1. The molecule has 5 nitrogen and oxygen atoms in total. The van der Waals surface area contributed by atoms with Gasteiger partial charge in [-0.15, -0.1) is 0 Å². The molecule has 0 aromatic carbocycles.